The summed E-state index contributed by atoms with van der Waals surface area (Å²) in [5.41, 5.74) is 0.641. The van der Waals surface area contributed by atoms with Crippen LogP contribution in [0.2, 0.25) is 0 Å². The molecule has 0 aromatic heterocycles. The molecule has 1 aromatic carbocycles. The lowest BCUT2D eigenvalue weighted by Gasteiger charge is -2.39. The van der Waals surface area contributed by atoms with Gasteiger partial charge < -0.3 is 5.11 Å². The van der Waals surface area contributed by atoms with Gasteiger partial charge in [-0.15, -0.1) is 0 Å². The summed E-state index contributed by atoms with van der Waals surface area (Å²) in [6.07, 6.45) is 2.83. The zero-order chi connectivity index (χ0) is 10.7. The third-order valence-corrected chi connectivity index (χ3v) is 3.38. The van der Waals surface area contributed by atoms with E-state index in [9.17, 15) is 5.11 Å². The first-order valence-corrected chi connectivity index (χ1v) is 5.40. The van der Waals surface area contributed by atoms with Crippen molar-refractivity contribution in [2.24, 2.45) is 5.41 Å². The molecule has 15 heavy (non-hydrogen) atoms. The lowest BCUT2D eigenvalue weighted by Crippen LogP contribution is -2.41. The van der Waals surface area contributed by atoms with Crippen LogP contribution in [0.4, 0.5) is 0 Å². The van der Waals surface area contributed by atoms with Gasteiger partial charge in [-0.05, 0) is 24.8 Å². The average Bonchev–Trinajstić information content (AvgIpc) is 2.18. The molecule has 2 heteroatoms. The van der Waals surface area contributed by atoms with Crippen LogP contribution in [0.15, 0.2) is 30.3 Å². The molecule has 0 aliphatic heterocycles. The highest BCUT2D eigenvalue weighted by Gasteiger charge is 2.43. The lowest BCUT2D eigenvalue weighted by atomic mass is 9.65. The lowest BCUT2D eigenvalue weighted by molar-refractivity contribution is 0.0102. The van der Waals surface area contributed by atoms with E-state index in [4.69, 9.17) is 5.26 Å². The van der Waals surface area contributed by atoms with Crippen molar-refractivity contribution in [1.29, 1.82) is 5.26 Å². The van der Waals surface area contributed by atoms with Crippen LogP contribution >= 0.6 is 0 Å². The van der Waals surface area contributed by atoms with E-state index < -0.39 is 11.5 Å². The molecule has 0 bridgehead atoms. The fraction of sp³-hybridized carbons (Fsp3) is 0.462. The summed E-state index contributed by atoms with van der Waals surface area (Å²) in [4.78, 5) is 0. The SMILES string of the molecule is N#CC1(C(O)Cc2ccccc2)CCC1. The minimum absolute atomic E-state index is 0.462. The zero-order valence-electron chi connectivity index (χ0n) is 8.69. The molecule has 0 heterocycles. The molecule has 2 nitrogen and oxygen atoms in total. The van der Waals surface area contributed by atoms with Crippen LogP contribution in [-0.2, 0) is 6.42 Å². The summed E-state index contributed by atoms with van der Waals surface area (Å²) >= 11 is 0. The van der Waals surface area contributed by atoms with Crippen LogP contribution in [0.25, 0.3) is 0 Å². The molecule has 0 radical (unpaired) electrons. The van der Waals surface area contributed by atoms with Crippen molar-refractivity contribution in [2.75, 3.05) is 0 Å². The predicted octanol–water partition coefficient (Wildman–Crippen LogP) is 2.28. The van der Waals surface area contributed by atoms with Crippen LogP contribution in [0.1, 0.15) is 24.8 Å². The quantitative estimate of drug-likeness (QED) is 0.815. The number of aliphatic hydroxyl groups excluding tert-OH is 1. The topological polar surface area (TPSA) is 44.0 Å². The van der Waals surface area contributed by atoms with E-state index in [0.29, 0.717) is 6.42 Å². The highest BCUT2D eigenvalue weighted by atomic mass is 16.3. The maximum atomic E-state index is 10.1. The van der Waals surface area contributed by atoms with Gasteiger partial charge in [0.15, 0.2) is 0 Å². The van der Waals surface area contributed by atoms with Gasteiger partial charge in [-0.2, -0.15) is 5.26 Å². The van der Waals surface area contributed by atoms with Crippen molar-refractivity contribution in [3.63, 3.8) is 0 Å². The Kier molecular flexibility index (Phi) is 2.75. The van der Waals surface area contributed by atoms with Gasteiger partial charge in [-0.1, -0.05) is 36.8 Å². The third kappa shape index (κ3) is 1.88. The first-order valence-electron chi connectivity index (χ1n) is 5.40. The molecule has 2 rings (SSSR count). The summed E-state index contributed by atoms with van der Waals surface area (Å²) in [5, 5.41) is 19.1. The Balaban J connectivity index is 2.04. The van der Waals surface area contributed by atoms with Crippen LogP contribution in [-0.4, -0.2) is 11.2 Å². The normalized spacial score (nSPS) is 20.0. The average molecular weight is 201 g/mol. The number of nitriles is 1. The maximum absolute atomic E-state index is 10.1. The number of aliphatic hydroxyl groups is 1. The van der Waals surface area contributed by atoms with Gasteiger partial charge in [0, 0.05) is 0 Å². The summed E-state index contributed by atoms with van der Waals surface area (Å²) < 4.78 is 0. The summed E-state index contributed by atoms with van der Waals surface area (Å²) in [6, 6.07) is 12.1. The molecule has 1 saturated carbocycles. The van der Waals surface area contributed by atoms with Gasteiger partial charge in [0.25, 0.3) is 0 Å². The van der Waals surface area contributed by atoms with E-state index in [1.54, 1.807) is 0 Å². The highest BCUT2D eigenvalue weighted by Crippen LogP contribution is 2.44. The van der Waals surface area contributed by atoms with Crippen molar-refractivity contribution >= 4 is 0 Å². The summed E-state index contributed by atoms with van der Waals surface area (Å²) in [5.74, 6) is 0. The van der Waals surface area contributed by atoms with E-state index in [-0.39, 0.29) is 0 Å². The predicted molar refractivity (Wildman–Crippen MR) is 58.0 cm³/mol. The monoisotopic (exact) mass is 201 g/mol. The van der Waals surface area contributed by atoms with Gasteiger partial charge in [-0.3, -0.25) is 0 Å². The Morgan fingerprint density at radius 3 is 2.47 bits per heavy atom. The van der Waals surface area contributed by atoms with Gasteiger partial charge in [-0.25, -0.2) is 0 Å². The van der Waals surface area contributed by atoms with Crippen LogP contribution in [0, 0.1) is 16.7 Å². The van der Waals surface area contributed by atoms with Gasteiger partial charge in [0.1, 0.15) is 0 Å². The number of nitrogens with zero attached hydrogens (tertiary/aromatic N) is 1. The van der Waals surface area contributed by atoms with Crippen LogP contribution in [0.5, 0.6) is 0 Å². The molecular weight excluding hydrogens is 186 g/mol. The van der Waals surface area contributed by atoms with Crippen molar-refractivity contribution in [2.45, 2.75) is 31.8 Å². The second-order valence-electron chi connectivity index (χ2n) is 4.33. The Labute approximate surface area is 90.2 Å². The maximum Gasteiger partial charge on any atom is 0.0835 e. The number of benzene rings is 1. The Hall–Kier alpha value is -1.33. The van der Waals surface area contributed by atoms with Gasteiger partial charge in [0.05, 0.1) is 17.6 Å². The minimum Gasteiger partial charge on any atom is -0.391 e. The van der Waals surface area contributed by atoms with Crippen molar-refractivity contribution in [3.8, 4) is 6.07 Å². The van der Waals surface area contributed by atoms with Crippen LogP contribution in [0.3, 0.4) is 0 Å². The van der Waals surface area contributed by atoms with E-state index in [1.807, 2.05) is 30.3 Å². The van der Waals surface area contributed by atoms with Crippen molar-refractivity contribution in [1.82, 2.24) is 0 Å². The standard InChI is InChI=1S/C13H15NO/c14-10-13(7-4-8-13)12(15)9-11-5-2-1-3-6-11/h1-3,5-6,12,15H,4,7-9H2. The first-order chi connectivity index (χ1) is 7.27. The minimum atomic E-state index is -0.515. The fourth-order valence-corrected chi connectivity index (χ4v) is 2.11. The summed E-state index contributed by atoms with van der Waals surface area (Å²) in [7, 11) is 0. The van der Waals surface area contributed by atoms with E-state index in [0.717, 1.165) is 24.8 Å². The van der Waals surface area contributed by atoms with Gasteiger partial charge in [0.2, 0.25) is 0 Å². The molecule has 1 aliphatic rings. The summed E-state index contributed by atoms with van der Waals surface area (Å²) in [6.45, 7) is 0. The number of hydrogen-bond acceptors (Lipinski definition) is 2. The largest absolute Gasteiger partial charge is 0.391 e. The second kappa shape index (κ2) is 4.04. The molecule has 78 valence electrons. The molecule has 0 amide bonds. The van der Waals surface area contributed by atoms with Gasteiger partial charge >= 0.3 is 0 Å². The zero-order valence-corrected chi connectivity index (χ0v) is 8.69. The molecular formula is C13H15NO. The molecule has 1 unspecified atom stereocenters. The number of rotatable bonds is 3. The smallest absolute Gasteiger partial charge is 0.0835 e. The highest BCUT2D eigenvalue weighted by molar-refractivity contribution is 5.19. The Bertz CT molecular complexity index is 362. The van der Waals surface area contributed by atoms with Crippen LogP contribution < -0.4 is 0 Å². The van der Waals surface area contributed by atoms with E-state index >= 15 is 0 Å². The molecule has 1 aromatic rings. The number of hydrogen-bond donors (Lipinski definition) is 1. The van der Waals surface area contributed by atoms with Crippen molar-refractivity contribution < 1.29 is 5.11 Å². The fourth-order valence-electron chi connectivity index (χ4n) is 2.11. The third-order valence-electron chi connectivity index (χ3n) is 3.38. The molecule has 1 N–H and O–H groups in total. The van der Waals surface area contributed by atoms with E-state index in [1.165, 1.54) is 0 Å². The molecule has 0 spiro atoms. The molecule has 1 fully saturated rings. The van der Waals surface area contributed by atoms with E-state index in [2.05, 4.69) is 6.07 Å². The molecule has 1 atom stereocenters. The molecule has 0 saturated heterocycles. The Morgan fingerprint density at radius 2 is 2.00 bits per heavy atom. The first kappa shape index (κ1) is 10.2. The van der Waals surface area contributed by atoms with Crippen molar-refractivity contribution in [3.05, 3.63) is 35.9 Å². The molecule has 1 aliphatic carbocycles. The Morgan fingerprint density at radius 1 is 1.33 bits per heavy atom. The second-order valence-corrected chi connectivity index (χ2v) is 4.33.